The van der Waals surface area contributed by atoms with Gasteiger partial charge in [0.25, 0.3) is 5.91 Å². The predicted octanol–water partition coefficient (Wildman–Crippen LogP) is 5.63. The van der Waals surface area contributed by atoms with Gasteiger partial charge >= 0.3 is 0 Å². The van der Waals surface area contributed by atoms with Crippen LogP contribution in [0, 0.1) is 0 Å². The lowest BCUT2D eigenvalue weighted by atomic mass is 10.2. The normalized spacial score (nSPS) is 10.3. The molecule has 29 heavy (non-hydrogen) atoms. The van der Waals surface area contributed by atoms with E-state index in [1.165, 1.54) is 0 Å². The second kappa shape index (κ2) is 10.0. The van der Waals surface area contributed by atoms with Crippen LogP contribution in [0.1, 0.15) is 5.56 Å². The van der Waals surface area contributed by atoms with Gasteiger partial charge in [0.2, 0.25) is 0 Å². The Hall–Kier alpha value is -2.89. The van der Waals surface area contributed by atoms with Crippen molar-refractivity contribution in [1.82, 2.24) is 0 Å². The third-order valence-corrected chi connectivity index (χ3v) is 4.61. The van der Waals surface area contributed by atoms with Crippen LogP contribution >= 0.6 is 23.2 Å². The summed E-state index contributed by atoms with van der Waals surface area (Å²) in [5.74, 6) is 0.776. The molecule has 0 aromatic heterocycles. The van der Waals surface area contributed by atoms with Gasteiger partial charge in [-0.25, -0.2) is 0 Å². The van der Waals surface area contributed by atoms with E-state index >= 15 is 0 Å². The summed E-state index contributed by atoms with van der Waals surface area (Å²) in [7, 11) is 1.63. The van der Waals surface area contributed by atoms with E-state index in [2.05, 4.69) is 10.6 Å². The van der Waals surface area contributed by atoms with Gasteiger partial charge in [0.05, 0.1) is 17.2 Å². The minimum atomic E-state index is -0.298. The lowest BCUT2D eigenvalue weighted by molar-refractivity contribution is -0.118. The number of carbonyl (C=O) groups is 1. The molecule has 7 heteroatoms. The van der Waals surface area contributed by atoms with E-state index in [4.69, 9.17) is 32.7 Å². The van der Waals surface area contributed by atoms with Crippen LogP contribution in [0.25, 0.3) is 0 Å². The molecule has 1 amide bonds. The second-order valence-corrected chi connectivity index (χ2v) is 6.99. The van der Waals surface area contributed by atoms with Crippen LogP contribution in [-0.2, 0) is 11.3 Å². The van der Waals surface area contributed by atoms with Crippen molar-refractivity contribution < 1.29 is 14.3 Å². The monoisotopic (exact) mass is 430 g/mol. The summed E-state index contributed by atoms with van der Waals surface area (Å²) in [6.07, 6.45) is 0. The fraction of sp³-hybridized carbons (Fsp3) is 0.136. The third kappa shape index (κ3) is 6.04. The molecule has 3 aromatic rings. The van der Waals surface area contributed by atoms with Gasteiger partial charge in [0, 0.05) is 17.9 Å². The van der Waals surface area contributed by atoms with Crippen molar-refractivity contribution in [3.8, 4) is 11.5 Å². The Morgan fingerprint density at radius 2 is 1.59 bits per heavy atom. The Kier molecular flexibility index (Phi) is 7.22. The number of ether oxygens (including phenoxy) is 2. The Morgan fingerprint density at radius 1 is 0.931 bits per heavy atom. The number of carbonyl (C=O) groups excluding carboxylic acids is 1. The van der Waals surface area contributed by atoms with E-state index in [9.17, 15) is 4.79 Å². The lowest BCUT2D eigenvalue weighted by Crippen LogP contribution is -2.20. The average molecular weight is 431 g/mol. The van der Waals surface area contributed by atoms with Gasteiger partial charge in [-0.2, -0.15) is 0 Å². The molecule has 0 aliphatic carbocycles. The zero-order valence-corrected chi connectivity index (χ0v) is 17.3. The molecule has 0 aliphatic rings. The van der Waals surface area contributed by atoms with Crippen LogP contribution in [-0.4, -0.2) is 19.6 Å². The Bertz CT molecular complexity index is 941. The quantitative estimate of drug-likeness (QED) is 0.485. The number of para-hydroxylation sites is 1. The number of nitrogens with one attached hydrogen (secondary N) is 2. The van der Waals surface area contributed by atoms with Gasteiger partial charge in [0.15, 0.2) is 12.4 Å². The van der Waals surface area contributed by atoms with Crippen molar-refractivity contribution in [3.05, 3.63) is 82.3 Å². The van der Waals surface area contributed by atoms with Gasteiger partial charge in [-0.3, -0.25) is 4.79 Å². The highest BCUT2D eigenvalue weighted by atomic mass is 35.5. The molecule has 0 spiro atoms. The fourth-order valence-corrected chi connectivity index (χ4v) is 3.26. The second-order valence-electron chi connectivity index (χ2n) is 6.17. The zero-order valence-electron chi connectivity index (χ0n) is 15.7. The smallest absolute Gasteiger partial charge is 0.262 e. The van der Waals surface area contributed by atoms with Crippen molar-refractivity contribution in [2.24, 2.45) is 0 Å². The predicted molar refractivity (Wildman–Crippen MR) is 117 cm³/mol. The Balaban J connectivity index is 1.57. The zero-order chi connectivity index (χ0) is 20.6. The van der Waals surface area contributed by atoms with E-state index < -0.39 is 0 Å². The van der Waals surface area contributed by atoms with E-state index in [1.54, 1.807) is 31.4 Å². The highest BCUT2D eigenvalue weighted by Gasteiger charge is 2.12. The minimum absolute atomic E-state index is 0.197. The number of halogens is 2. The first-order valence-electron chi connectivity index (χ1n) is 8.88. The van der Waals surface area contributed by atoms with Gasteiger partial charge < -0.3 is 20.1 Å². The molecule has 0 heterocycles. The van der Waals surface area contributed by atoms with Crippen LogP contribution in [0.5, 0.6) is 11.5 Å². The summed E-state index contributed by atoms with van der Waals surface area (Å²) < 4.78 is 10.7. The maximum atomic E-state index is 12.0. The molecule has 3 aromatic carbocycles. The van der Waals surface area contributed by atoms with Crippen molar-refractivity contribution in [1.29, 1.82) is 0 Å². The lowest BCUT2D eigenvalue weighted by Gasteiger charge is -2.13. The highest BCUT2D eigenvalue weighted by molar-refractivity contribution is 6.37. The first-order valence-corrected chi connectivity index (χ1v) is 9.64. The molecule has 0 radical (unpaired) electrons. The topological polar surface area (TPSA) is 59.6 Å². The van der Waals surface area contributed by atoms with Crippen LogP contribution in [0.3, 0.4) is 0 Å². The third-order valence-electron chi connectivity index (χ3n) is 4.05. The van der Waals surface area contributed by atoms with Crippen molar-refractivity contribution in [2.45, 2.75) is 6.54 Å². The minimum Gasteiger partial charge on any atom is -0.497 e. The van der Waals surface area contributed by atoms with Gasteiger partial charge in [-0.15, -0.1) is 0 Å². The van der Waals surface area contributed by atoms with Gasteiger partial charge in [-0.1, -0.05) is 41.4 Å². The molecule has 0 atom stereocenters. The molecular formula is C22H20Cl2N2O3. The first kappa shape index (κ1) is 20.8. The maximum Gasteiger partial charge on any atom is 0.262 e. The molecule has 0 fully saturated rings. The number of rotatable bonds is 8. The van der Waals surface area contributed by atoms with E-state index in [0.717, 1.165) is 17.0 Å². The summed E-state index contributed by atoms with van der Waals surface area (Å²) >= 11 is 12.6. The molecule has 0 saturated heterocycles. The standard InChI is InChI=1S/C22H20Cl2N2O3/c1-28-18-9-7-16(8-10-18)25-13-15-11-19(23)22(20(24)12-15)29-14-21(27)26-17-5-3-2-4-6-17/h2-12,25H,13-14H2,1H3,(H,26,27). The number of benzene rings is 3. The number of hydrogen-bond acceptors (Lipinski definition) is 4. The summed E-state index contributed by atoms with van der Waals surface area (Å²) in [6, 6.07) is 20.2. The summed E-state index contributed by atoms with van der Waals surface area (Å²) in [6.45, 7) is 0.332. The van der Waals surface area contributed by atoms with E-state index in [-0.39, 0.29) is 18.3 Å². The van der Waals surface area contributed by atoms with Crippen molar-refractivity contribution >= 4 is 40.5 Å². The number of hydrogen-bond donors (Lipinski definition) is 2. The average Bonchev–Trinajstić information content (AvgIpc) is 2.72. The largest absolute Gasteiger partial charge is 0.497 e. The van der Waals surface area contributed by atoms with Gasteiger partial charge in [0.1, 0.15) is 5.75 Å². The molecule has 3 rings (SSSR count). The molecule has 150 valence electrons. The van der Waals surface area contributed by atoms with Crippen LogP contribution in [0.4, 0.5) is 11.4 Å². The molecule has 0 aliphatic heterocycles. The Labute approximate surface area is 179 Å². The number of anilines is 2. The van der Waals surface area contributed by atoms with E-state index in [1.807, 2.05) is 42.5 Å². The van der Waals surface area contributed by atoms with Crippen molar-refractivity contribution in [2.75, 3.05) is 24.4 Å². The van der Waals surface area contributed by atoms with Crippen LogP contribution in [0.2, 0.25) is 10.0 Å². The van der Waals surface area contributed by atoms with Crippen molar-refractivity contribution in [3.63, 3.8) is 0 Å². The molecule has 0 saturated carbocycles. The SMILES string of the molecule is COc1ccc(NCc2cc(Cl)c(OCC(=O)Nc3ccccc3)c(Cl)c2)cc1. The van der Waals surface area contributed by atoms with Crippen LogP contribution in [0.15, 0.2) is 66.7 Å². The fourth-order valence-electron chi connectivity index (χ4n) is 2.62. The Morgan fingerprint density at radius 3 is 2.21 bits per heavy atom. The maximum absolute atomic E-state index is 12.0. The van der Waals surface area contributed by atoms with Crippen LogP contribution < -0.4 is 20.1 Å². The van der Waals surface area contributed by atoms with E-state index in [0.29, 0.717) is 22.3 Å². The van der Waals surface area contributed by atoms with Gasteiger partial charge in [-0.05, 0) is 54.1 Å². The molecule has 0 unspecified atom stereocenters. The molecular weight excluding hydrogens is 411 g/mol. The number of methoxy groups -OCH3 is 1. The number of amides is 1. The molecule has 2 N–H and O–H groups in total. The summed E-state index contributed by atoms with van der Waals surface area (Å²) in [4.78, 5) is 12.0. The first-order chi connectivity index (χ1) is 14.0. The summed E-state index contributed by atoms with van der Waals surface area (Å²) in [5, 5.41) is 6.71. The molecule has 5 nitrogen and oxygen atoms in total. The highest BCUT2D eigenvalue weighted by Crippen LogP contribution is 2.34. The molecule has 0 bridgehead atoms. The summed E-state index contributed by atoms with van der Waals surface area (Å²) in [5.41, 5.74) is 2.52.